The molecule has 0 saturated heterocycles. The van der Waals surface area contributed by atoms with Crippen molar-refractivity contribution in [3.05, 3.63) is 129 Å². The lowest BCUT2D eigenvalue weighted by Crippen LogP contribution is -2.36. The Morgan fingerprint density at radius 1 is 0.613 bits per heavy atom. The van der Waals surface area contributed by atoms with Crippen molar-refractivity contribution in [1.82, 2.24) is 0 Å². The number of rotatable bonds is 3. The molecule has 0 heterocycles. The summed E-state index contributed by atoms with van der Waals surface area (Å²) in [6, 6.07) is 30.4. The van der Waals surface area contributed by atoms with Crippen LogP contribution in [-0.2, 0) is 10.6 Å². The Labute approximate surface area is 178 Å². The van der Waals surface area contributed by atoms with Gasteiger partial charge >= 0.3 is 5.72 Å². The van der Waals surface area contributed by atoms with Gasteiger partial charge < -0.3 is 4.84 Å². The third kappa shape index (κ3) is 2.28. The van der Waals surface area contributed by atoms with Crippen LogP contribution in [0, 0.1) is 10.1 Å². The predicted molar refractivity (Wildman–Crippen MR) is 118 cm³/mol. The third-order valence-electron chi connectivity index (χ3n) is 6.06. The zero-order chi connectivity index (χ0) is 21.0. The fraction of sp³-hybridized carbons (Fsp3) is 0.0385. The van der Waals surface area contributed by atoms with E-state index in [1.165, 1.54) is 0 Å². The van der Waals surface area contributed by atoms with E-state index < -0.39 is 5.72 Å². The van der Waals surface area contributed by atoms with Crippen LogP contribution < -0.4 is 0 Å². The summed E-state index contributed by atoms with van der Waals surface area (Å²) in [6.45, 7) is 0. The standard InChI is InChI=1S/C26H16N2O3/c29-28(30)26(23-15-7-5-11-19(23)20-12-6-8-16-24(20)26)31-27-25-21-13-3-1-9-17(21)18-10-2-4-14-22(18)25/h1-16H. The minimum absolute atomic E-state index is 0.380. The molecule has 6 rings (SSSR count). The molecule has 31 heavy (non-hydrogen) atoms. The van der Waals surface area contributed by atoms with Crippen molar-refractivity contribution in [3.8, 4) is 22.3 Å². The molecule has 0 atom stereocenters. The summed E-state index contributed by atoms with van der Waals surface area (Å²) in [4.78, 5) is 18.2. The van der Waals surface area contributed by atoms with Crippen LogP contribution in [0.5, 0.6) is 0 Å². The highest BCUT2D eigenvalue weighted by atomic mass is 16.7. The summed E-state index contributed by atoms with van der Waals surface area (Å²) in [5.74, 6) is 0. The van der Waals surface area contributed by atoms with Crippen molar-refractivity contribution in [2.24, 2.45) is 5.16 Å². The molecule has 0 aliphatic heterocycles. The molecule has 4 aromatic carbocycles. The molecule has 0 bridgehead atoms. The van der Waals surface area contributed by atoms with E-state index in [4.69, 9.17) is 4.84 Å². The summed E-state index contributed by atoms with van der Waals surface area (Å²) in [5, 5.41) is 17.0. The van der Waals surface area contributed by atoms with E-state index in [0.717, 1.165) is 33.4 Å². The average Bonchev–Trinajstić information content (AvgIpc) is 3.29. The zero-order valence-electron chi connectivity index (χ0n) is 16.4. The molecule has 0 N–H and O–H groups in total. The van der Waals surface area contributed by atoms with Crippen molar-refractivity contribution in [1.29, 1.82) is 0 Å². The van der Waals surface area contributed by atoms with Crippen LogP contribution in [0.1, 0.15) is 22.3 Å². The normalized spacial score (nSPS) is 14.3. The molecule has 0 radical (unpaired) electrons. The first-order valence-corrected chi connectivity index (χ1v) is 10.0. The molecule has 0 spiro atoms. The number of oxime groups is 1. The highest BCUT2D eigenvalue weighted by molar-refractivity contribution is 6.24. The molecule has 148 valence electrons. The third-order valence-corrected chi connectivity index (χ3v) is 6.06. The zero-order valence-corrected chi connectivity index (χ0v) is 16.4. The van der Waals surface area contributed by atoms with Crippen LogP contribution in [0.15, 0.2) is 102 Å². The average molecular weight is 404 g/mol. The van der Waals surface area contributed by atoms with Gasteiger partial charge in [-0.1, -0.05) is 90.1 Å². The van der Waals surface area contributed by atoms with Gasteiger partial charge in [0.2, 0.25) is 0 Å². The number of benzene rings is 4. The van der Waals surface area contributed by atoms with Gasteiger partial charge in [0, 0.05) is 11.1 Å². The molecular weight excluding hydrogens is 388 g/mol. The Morgan fingerprint density at radius 2 is 1.00 bits per heavy atom. The van der Waals surface area contributed by atoms with E-state index in [0.29, 0.717) is 16.8 Å². The molecule has 0 fully saturated rings. The molecule has 2 aliphatic rings. The van der Waals surface area contributed by atoms with E-state index in [2.05, 4.69) is 5.16 Å². The van der Waals surface area contributed by atoms with Crippen molar-refractivity contribution in [2.75, 3.05) is 0 Å². The van der Waals surface area contributed by atoms with Crippen molar-refractivity contribution >= 4 is 5.71 Å². The van der Waals surface area contributed by atoms with E-state index in [-0.39, 0.29) is 4.92 Å². The summed E-state index contributed by atoms with van der Waals surface area (Å²) < 4.78 is 0. The summed E-state index contributed by atoms with van der Waals surface area (Å²) in [7, 11) is 0. The minimum atomic E-state index is -1.90. The fourth-order valence-corrected chi connectivity index (χ4v) is 4.70. The molecule has 0 unspecified atom stereocenters. The highest BCUT2D eigenvalue weighted by Gasteiger charge is 2.57. The molecule has 2 aliphatic carbocycles. The second-order valence-electron chi connectivity index (χ2n) is 7.61. The fourth-order valence-electron chi connectivity index (χ4n) is 4.70. The Hall–Kier alpha value is -4.25. The number of hydrogen-bond acceptors (Lipinski definition) is 4. The molecule has 0 saturated carbocycles. The van der Waals surface area contributed by atoms with Crippen molar-refractivity contribution in [3.63, 3.8) is 0 Å². The largest absolute Gasteiger partial charge is 0.437 e. The van der Waals surface area contributed by atoms with Gasteiger partial charge in [-0.2, -0.15) is 0 Å². The van der Waals surface area contributed by atoms with Crippen molar-refractivity contribution < 1.29 is 9.76 Å². The molecule has 4 aromatic rings. The van der Waals surface area contributed by atoms with Crippen LogP contribution >= 0.6 is 0 Å². The van der Waals surface area contributed by atoms with Gasteiger partial charge in [0.25, 0.3) is 0 Å². The van der Waals surface area contributed by atoms with Crippen LogP contribution in [-0.4, -0.2) is 10.6 Å². The highest BCUT2D eigenvalue weighted by Crippen LogP contribution is 2.50. The van der Waals surface area contributed by atoms with Gasteiger partial charge in [0.15, 0.2) is 0 Å². The predicted octanol–water partition coefficient (Wildman–Crippen LogP) is 5.59. The molecular formula is C26H16N2O3. The van der Waals surface area contributed by atoms with Crippen LogP contribution in [0.4, 0.5) is 0 Å². The van der Waals surface area contributed by atoms with Gasteiger partial charge in [-0.05, 0) is 34.4 Å². The first-order chi connectivity index (χ1) is 15.2. The molecule has 5 nitrogen and oxygen atoms in total. The number of nitro groups is 1. The van der Waals surface area contributed by atoms with Crippen LogP contribution in [0.2, 0.25) is 0 Å². The van der Waals surface area contributed by atoms with E-state index in [1.54, 1.807) is 24.3 Å². The summed E-state index contributed by atoms with van der Waals surface area (Å²) in [6.07, 6.45) is 0. The molecule has 0 aromatic heterocycles. The second-order valence-corrected chi connectivity index (χ2v) is 7.61. The number of hydrogen-bond donors (Lipinski definition) is 0. The minimum Gasteiger partial charge on any atom is -0.309 e. The maximum absolute atomic E-state index is 12.6. The number of fused-ring (bicyclic) bond motifs is 6. The SMILES string of the molecule is O=[N+]([O-])C1(ON=C2c3ccccc3-c3ccccc32)c2ccccc2-c2ccccc21. The van der Waals surface area contributed by atoms with Crippen LogP contribution in [0.25, 0.3) is 22.3 Å². The summed E-state index contributed by atoms with van der Waals surface area (Å²) >= 11 is 0. The Bertz CT molecular complexity index is 1310. The van der Waals surface area contributed by atoms with Gasteiger partial charge in [-0.15, -0.1) is 0 Å². The lowest BCUT2D eigenvalue weighted by Gasteiger charge is -2.20. The van der Waals surface area contributed by atoms with E-state index >= 15 is 0 Å². The lowest BCUT2D eigenvalue weighted by atomic mass is 10.0. The molecule has 5 heteroatoms. The van der Waals surface area contributed by atoms with Crippen molar-refractivity contribution in [2.45, 2.75) is 5.72 Å². The van der Waals surface area contributed by atoms with E-state index in [9.17, 15) is 10.1 Å². The van der Waals surface area contributed by atoms with Crippen LogP contribution in [0.3, 0.4) is 0 Å². The maximum atomic E-state index is 12.6. The summed E-state index contributed by atoms with van der Waals surface area (Å²) in [5.41, 5.74) is 5.18. The van der Waals surface area contributed by atoms with Gasteiger partial charge in [-0.25, -0.2) is 0 Å². The number of nitrogens with zero attached hydrogens (tertiary/aromatic N) is 2. The quantitative estimate of drug-likeness (QED) is 0.224. The first kappa shape index (κ1) is 17.6. The lowest BCUT2D eigenvalue weighted by molar-refractivity contribution is -0.626. The van der Waals surface area contributed by atoms with Gasteiger partial charge in [0.1, 0.15) is 5.71 Å². The second kappa shape index (κ2) is 6.37. The van der Waals surface area contributed by atoms with Gasteiger partial charge in [-0.3, -0.25) is 10.1 Å². The Kier molecular flexibility index (Phi) is 3.62. The maximum Gasteiger partial charge on any atom is 0.437 e. The monoisotopic (exact) mass is 404 g/mol. The van der Waals surface area contributed by atoms with Gasteiger partial charge in [0.05, 0.1) is 16.1 Å². The smallest absolute Gasteiger partial charge is 0.309 e. The first-order valence-electron chi connectivity index (χ1n) is 10.0. The van der Waals surface area contributed by atoms with E-state index in [1.807, 2.05) is 72.8 Å². The Balaban J connectivity index is 1.57. The topological polar surface area (TPSA) is 64.7 Å². The Morgan fingerprint density at radius 3 is 1.45 bits per heavy atom. The molecule has 0 amide bonds.